The lowest BCUT2D eigenvalue weighted by Gasteiger charge is -2.42. The molecule has 0 N–H and O–H groups in total. The number of hydrogen-bond donors (Lipinski definition) is 0. The summed E-state index contributed by atoms with van der Waals surface area (Å²) in [5.41, 5.74) is 7.55. The second-order valence-corrected chi connectivity index (χ2v) is 23.6. The summed E-state index contributed by atoms with van der Waals surface area (Å²) in [6.45, 7) is 17.7. The molecule has 0 aliphatic carbocycles. The van der Waals surface area contributed by atoms with Crippen LogP contribution in [0.5, 0.6) is 12.0 Å². The van der Waals surface area contributed by atoms with Gasteiger partial charge in [-0.05, 0) is 113 Å². The zero-order valence-electron chi connectivity index (χ0n) is 48.9. The Morgan fingerprint density at radius 1 is 0.647 bits per heavy atom. The van der Waals surface area contributed by atoms with E-state index in [1.807, 2.05) is 18.2 Å². The Balaban J connectivity index is 0.000000177. The summed E-state index contributed by atoms with van der Waals surface area (Å²) in [5.74, 6) is -0.289. The van der Waals surface area contributed by atoms with Gasteiger partial charge >= 0.3 is 12.0 Å². The Morgan fingerprint density at radius 2 is 1.13 bits per heavy atom. The average Bonchev–Trinajstić information content (AvgIpc) is 3.05. The Labute approximate surface area is 502 Å². The van der Waals surface area contributed by atoms with E-state index in [-0.39, 0.29) is 31.3 Å². The van der Waals surface area contributed by atoms with E-state index >= 15 is 0 Å². The van der Waals surface area contributed by atoms with E-state index in [1.165, 1.54) is 39.4 Å². The van der Waals surface area contributed by atoms with Crippen molar-refractivity contribution >= 4 is 68.0 Å². The van der Waals surface area contributed by atoms with Gasteiger partial charge in [-0.15, -0.1) is 0 Å². The van der Waals surface area contributed by atoms with Gasteiger partial charge < -0.3 is 48.7 Å². The minimum absolute atomic E-state index is 0.0792. The molecule has 442 valence electrons. The Kier molecular flexibility index (Phi) is 18.0. The molecule has 4 unspecified atom stereocenters. The number of fused-ring (bicyclic) bond motifs is 4. The van der Waals surface area contributed by atoms with Crippen LogP contribution in [0.25, 0.3) is 21.5 Å². The number of likely N-dealkylation sites (N-methyl/N-ethyl adjacent to an activating group) is 2. The molecule has 6 aliphatic heterocycles. The van der Waals surface area contributed by atoms with Crippen LogP contribution in [0.2, 0.25) is 5.02 Å². The molecule has 85 heavy (non-hydrogen) atoms. The summed E-state index contributed by atoms with van der Waals surface area (Å²) >= 11 is 6.68. The monoisotopic (exact) mass is 1170 g/mol. The molecule has 6 aliphatic rings. The predicted molar refractivity (Wildman–Crippen MR) is 330 cm³/mol. The lowest BCUT2D eigenvalue weighted by atomic mass is 9.99. The normalized spacial score (nSPS) is 20.7. The smallest absolute Gasteiger partial charge is 0.318 e. The number of halogens is 2. The molecule has 4 atom stereocenters. The molecule has 8 heterocycles. The molecule has 18 nitrogen and oxygen atoms in total. The van der Waals surface area contributed by atoms with Crippen molar-refractivity contribution in [1.29, 1.82) is 10.5 Å². The number of rotatable bonds is 14. The summed E-state index contributed by atoms with van der Waals surface area (Å²) in [6, 6.07) is 30.2. The van der Waals surface area contributed by atoms with E-state index in [1.54, 1.807) is 4.90 Å². The zero-order chi connectivity index (χ0) is 59.3. The van der Waals surface area contributed by atoms with Gasteiger partial charge in [-0.25, -0.2) is 4.39 Å². The number of piperazine rings is 2. The van der Waals surface area contributed by atoms with Crippen LogP contribution in [0.1, 0.15) is 66.6 Å². The number of ether oxygens (including phenoxy) is 2. The van der Waals surface area contributed by atoms with Crippen LogP contribution in [-0.2, 0) is 35.5 Å². The SMILES string of the molecule is C=C(F)C(=O)N1CCN(c2nc(OCC3CCCN3C)nc3c2CCN(c2cccc4cccc(Cl)c24)C3)CC1CC#N.C=CC(=O)N1CCN(c2nc(OCC3CCCN3C)nc3c2CCN(c2cccc4cccc(C)c24)C3)CC1CC#N. The van der Waals surface area contributed by atoms with Crippen molar-refractivity contribution in [1.82, 2.24) is 39.5 Å². The van der Waals surface area contributed by atoms with Crippen LogP contribution < -0.4 is 29.1 Å². The predicted octanol–water partition coefficient (Wildman–Crippen LogP) is 8.82. The van der Waals surface area contributed by atoms with Gasteiger partial charge in [0.2, 0.25) is 5.91 Å². The van der Waals surface area contributed by atoms with Gasteiger partial charge in [0.25, 0.3) is 5.91 Å². The number of hydrogen-bond acceptors (Lipinski definition) is 16. The first kappa shape index (κ1) is 58.7. The van der Waals surface area contributed by atoms with Crippen LogP contribution in [0.15, 0.2) is 97.9 Å². The second-order valence-electron chi connectivity index (χ2n) is 23.2. The third-order valence-corrected chi connectivity index (χ3v) is 18.3. The highest BCUT2D eigenvalue weighted by molar-refractivity contribution is 6.36. The molecule has 4 aromatic carbocycles. The van der Waals surface area contributed by atoms with Gasteiger partial charge in [0.05, 0.1) is 66.6 Å². The second kappa shape index (κ2) is 26.0. The molecule has 12 rings (SSSR count). The van der Waals surface area contributed by atoms with Crippen molar-refractivity contribution in [3.63, 3.8) is 0 Å². The van der Waals surface area contributed by atoms with E-state index in [0.717, 1.165) is 102 Å². The molecular formula is C65H74ClFN14O4. The summed E-state index contributed by atoms with van der Waals surface area (Å²) in [6.07, 6.45) is 7.65. The van der Waals surface area contributed by atoms with Crippen LogP contribution in [-0.4, -0.2) is 168 Å². The molecule has 20 heteroatoms. The van der Waals surface area contributed by atoms with Crippen molar-refractivity contribution in [2.24, 2.45) is 0 Å². The number of carbonyl (C=O) groups excluding carboxylic acids is 2. The van der Waals surface area contributed by atoms with E-state index in [9.17, 15) is 24.5 Å². The molecule has 0 saturated carbocycles. The van der Waals surface area contributed by atoms with Gasteiger partial charge in [-0.1, -0.05) is 79.4 Å². The number of benzene rings is 4. The number of aromatic nitrogens is 4. The number of nitriles is 2. The van der Waals surface area contributed by atoms with E-state index in [2.05, 4.69) is 130 Å². The van der Waals surface area contributed by atoms with Gasteiger partial charge in [0.1, 0.15) is 24.8 Å². The number of carbonyl (C=O) groups is 2. The number of likely N-dealkylation sites (tertiary alicyclic amines) is 2. The van der Waals surface area contributed by atoms with Crippen molar-refractivity contribution in [2.45, 2.75) is 95.5 Å². The highest BCUT2D eigenvalue weighted by Gasteiger charge is 2.37. The molecular weight excluding hydrogens is 1100 g/mol. The first-order chi connectivity index (χ1) is 41.3. The lowest BCUT2D eigenvalue weighted by Crippen LogP contribution is -2.55. The number of nitrogens with zero attached hydrogens (tertiary/aromatic N) is 14. The maximum absolute atomic E-state index is 13.8. The number of anilines is 4. The van der Waals surface area contributed by atoms with E-state index in [0.29, 0.717) is 94.6 Å². The van der Waals surface area contributed by atoms with Gasteiger partial charge in [0, 0.05) is 97.7 Å². The molecule has 0 spiro atoms. The van der Waals surface area contributed by atoms with Crippen LogP contribution >= 0.6 is 11.6 Å². The molecule has 4 saturated heterocycles. The molecule has 0 radical (unpaired) electrons. The summed E-state index contributed by atoms with van der Waals surface area (Å²) in [7, 11) is 4.25. The Bertz CT molecular complexity index is 3580. The number of amides is 2. The molecule has 6 aromatic rings. The number of aryl methyl sites for hydroxylation is 1. The maximum atomic E-state index is 13.8. The van der Waals surface area contributed by atoms with Gasteiger partial charge in [-0.3, -0.25) is 9.59 Å². The minimum Gasteiger partial charge on any atom is -0.462 e. The van der Waals surface area contributed by atoms with Crippen molar-refractivity contribution in [2.75, 3.05) is 112 Å². The van der Waals surface area contributed by atoms with Crippen molar-refractivity contribution in [3.05, 3.63) is 131 Å². The van der Waals surface area contributed by atoms with Crippen LogP contribution in [0.3, 0.4) is 0 Å². The summed E-state index contributed by atoms with van der Waals surface area (Å²) < 4.78 is 26.3. The highest BCUT2D eigenvalue weighted by Crippen LogP contribution is 2.39. The van der Waals surface area contributed by atoms with Gasteiger partial charge in [0.15, 0.2) is 5.83 Å². The quantitative estimate of drug-likeness (QED) is 0.0944. The Morgan fingerprint density at radius 3 is 1.62 bits per heavy atom. The fraction of sp³-hybridized carbons (Fsp3) is 0.446. The zero-order valence-corrected chi connectivity index (χ0v) is 49.7. The van der Waals surface area contributed by atoms with Gasteiger partial charge in [-0.2, -0.15) is 30.5 Å². The topological polar surface area (TPSA) is 178 Å². The highest BCUT2D eigenvalue weighted by atomic mass is 35.5. The third-order valence-electron chi connectivity index (χ3n) is 18.0. The maximum Gasteiger partial charge on any atom is 0.318 e. The average molecular weight is 1170 g/mol. The molecule has 2 amide bonds. The first-order valence-corrected chi connectivity index (χ1v) is 30.1. The summed E-state index contributed by atoms with van der Waals surface area (Å²) in [5, 5.41) is 24.3. The fourth-order valence-corrected chi connectivity index (χ4v) is 13.6. The third kappa shape index (κ3) is 12.5. The van der Waals surface area contributed by atoms with Crippen molar-refractivity contribution < 1.29 is 23.5 Å². The first-order valence-electron chi connectivity index (χ1n) is 29.7. The lowest BCUT2D eigenvalue weighted by molar-refractivity contribution is -0.131. The molecule has 2 aromatic heterocycles. The molecule has 4 fully saturated rings. The van der Waals surface area contributed by atoms with E-state index in [4.69, 9.17) is 41.0 Å². The van der Waals surface area contributed by atoms with Crippen molar-refractivity contribution in [3.8, 4) is 24.2 Å². The standard InChI is InChI=1S/C33H39N7O2.C32H35ClFN7O2/c1-4-30(41)40-19-18-39(20-25(40)13-15-34)32-27-14-17-38(29-12-6-10-24-9-5-8-23(2)31(24)29)21-28(27)35-33(36-32)42-22-26-11-7-16-37(26)3;1-21(34)31(42)41-17-16-40(18-23(41)11-13-35)30-25-12-15-39(28-10-4-7-22-6-3-9-26(33)29(22)28)19-27(25)36-32(37-30)43-20-24-8-5-14-38(24)2/h4-6,8-10,12,25-26H,1,7,11,13-14,16-22H2,2-3H3;3-4,6-7,9-10,23-24H,1,5,8,11-12,14-20H2,2H3. The molecule has 0 bridgehead atoms. The summed E-state index contributed by atoms with van der Waals surface area (Å²) in [4.78, 5) is 61.7. The Hall–Kier alpha value is -8.10. The van der Waals surface area contributed by atoms with E-state index < -0.39 is 17.8 Å². The fourth-order valence-electron chi connectivity index (χ4n) is 13.4. The van der Waals surface area contributed by atoms with Crippen LogP contribution in [0, 0.1) is 29.6 Å². The van der Waals surface area contributed by atoms with Crippen LogP contribution in [0.4, 0.5) is 27.4 Å². The minimum atomic E-state index is -1.02. The largest absolute Gasteiger partial charge is 0.462 e.